The zero-order chi connectivity index (χ0) is 15.8. The lowest BCUT2D eigenvalue weighted by Gasteiger charge is -2.29. The topological polar surface area (TPSA) is 49.8 Å². The Hall–Kier alpha value is -1.39. The van der Waals surface area contributed by atoms with Gasteiger partial charge in [-0.3, -0.25) is 4.79 Å². The van der Waals surface area contributed by atoms with Crippen LogP contribution in [0.5, 0.6) is 0 Å². The highest BCUT2D eigenvalue weighted by Gasteiger charge is 2.23. The van der Waals surface area contributed by atoms with Crippen molar-refractivity contribution in [2.45, 2.75) is 45.3 Å². The van der Waals surface area contributed by atoms with Crippen LogP contribution in [0, 0.1) is 5.92 Å². The minimum Gasteiger partial charge on any atom is -0.395 e. The van der Waals surface area contributed by atoms with Gasteiger partial charge in [-0.25, -0.2) is 0 Å². The molecule has 2 atom stereocenters. The summed E-state index contributed by atoms with van der Waals surface area (Å²) in [5, 5.41) is 9.19. The molecule has 4 nitrogen and oxygen atoms in total. The molecule has 1 aromatic carbocycles. The standard InChI is InChI=1S/C18H27NO3/c1-15-7-5-6-10-17(15)22-14-18(21)19(11-12-20)13-16-8-3-2-4-9-16/h2-4,8-9,15,17,20H,5-7,10-14H2,1H3. The summed E-state index contributed by atoms with van der Waals surface area (Å²) in [7, 11) is 0. The lowest BCUT2D eigenvalue weighted by Crippen LogP contribution is -2.38. The number of carbonyl (C=O) groups excluding carboxylic acids is 1. The zero-order valence-electron chi connectivity index (χ0n) is 13.4. The third-order valence-electron chi connectivity index (χ3n) is 4.39. The van der Waals surface area contributed by atoms with Crippen molar-refractivity contribution in [2.75, 3.05) is 19.8 Å². The fraction of sp³-hybridized carbons (Fsp3) is 0.611. The van der Waals surface area contributed by atoms with E-state index in [1.165, 1.54) is 19.3 Å². The number of hydrogen-bond acceptors (Lipinski definition) is 3. The molecule has 0 bridgehead atoms. The van der Waals surface area contributed by atoms with E-state index in [0.717, 1.165) is 12.0 Å². The fourth-order valence-electron chi connectivity index (χ4n) is 3.02. The second-order valence-electron chi connectivity index (χ2n) is 6.14. The largest absolute Gasteiger partial charge is 0.395 e. The Morgan fingerprint density at radius 1 is 1.27 bits per heavy atom. The molecular formula is C18H27NO3. The van der Waals surface area contributed by atoms with Gasteiger partial charge in [-0.2, -0.15) is 0 Å². The Bertz CT molecular complexity index is 449. The summed E-state index contributed by atoms with van der Waals surface area (Å²) in [4.78, 5) is 14.0. The van der Waals surface area contributed by atoms with Gasteiger partial charge in [-0.1, -0.05) is 50.1 Å². The maximum absolute atomic E-state index is 12.4. The molecule has 0 aliphatic heterocycles. The van der Waals surface area contributed by atoms with E-state index >= 15 is 0 Å². The Balaban J connectivity index is 1.86. The van der Waals surface area contributed by atoms with Crippen molar-refractivity contribution in [2.24, 2.45) is 5.92 Å². The maximum atomic E-state index is 12.4. The number of hydrogen-bond donors (Lipinski definition) is 1. The summed E-state index contributed by atoms with van der Waals surface area (Å²) in [6.07, 6.45) is 4.88. The van der Waals surface area contributed by atoms with Gasteiger partial charge < -0.3 is 14.7 Å². The highest BCUT2D eigenvalue weighted by Crippen LogP contribution is 2.26. The van der Waals surface area contributed by atoms with Crippen molar-refractivity contribution < 1.29 is 14.6 Å². The third-order valence-corrected chi connectivity index (χ3v) is 4.39. The molecule has 1 aliphatic carbocycles. The molecule has 1 N–H and O–H groups in total. The van der Waals surface area contributed by atoms with Crippen molar-refractivity contribution in [1.29, 1.82) is 0 Å². The summed E-state index contributed by atoms with van der Waals surface area (Å²) in [5.74, 6) is 0.484. The first-order chi connectivity index (χ1) is 10.7. The van der Waals surface area contributed by atoms with Crippen LogP contribution in [0.25, 0.3) is 0 Å². The van der Waals surface area contributed by atoms with Crippen molar-refractivity contribution in [3.8, 4) is 0 Å². The van der Waals surface area contributed by atoms with Crippen LogP contribution in [0.15, 0.2) is 30.3 Å². The zero-order valence-corrected chi connectivity index (χ0v) is 13.4. The Kier molecular flexibility index (Phi) is 6.87. The van der Waals surface area contributed by atoms with Gasteiger partial charge in [0.1, 0.15) is 6.61 Å². The smallest absolute Gasteiger partial charge is 0.248 e. The molecular weight excluding hydrogens is 278 g/mol. The normalized spacial score (nSPS) is 21.5. The molecule has 4 heteroatoms. The summed E-state index contributed by atoms with van der Waals surface area (Å²) in [6, 6.07) is 9.84. The van der Waals surface area contributed by atoms with E-state index in [4.69, 9.17) is 4.74 Å². The van der Waals surface area contributed by atoms with E-state index in [-0.39, 0.29) is 25.2 Å². The van der Waals surface area contributed by atoms with Crippen LogP contribution in [0.4, 0.5) is 0 Å². The third kappa shape index (κ3) is 5.11. The average Bonchev–Trinajstić information content (AvgIpc) is 2.54. The molecule has 0 heterocycles. The van der Waals surface area contributed by atoms with Crippen LogP contribution in [0.3, 0.4) is 0 Å². The van der Waals surface area contributed by atoms with E-state index in [1.807, 2.05) is 30.3 Å². The first kappa shape index (κ1) is 17.0. The van der Waals surface area contributed by atoms with Gasteiger partial charge in [0, 0.05) is 13.1 Å². The predicted molar refractivity (Wildman–Crippen MR) is 86.3 cm³/mol. The number of aliphatic hydroxyl groups excluding tert-OH is 1. The molecule has 1 fully saturated rings. The summed E-state index contributed by atoms with van der Waals surface area (Å²) in [6.45, 7) is 3.14. The van der Waals surface area contributed by atoms with Crippen molar-refractivity contribution in [3.63, 3.8) is 0 Å². The highest BCUT2D eigenvalue weighted by molar-refractivity contribution is 5.77. The molecule has 22 heavy (non-hydrogen) atoms. The van der Waals surface area contributed by atoms with Gasteiger partial charge in [0.05, 0.1) is 12.7 Å². The van der Waals surface area contributed by atoms with Crippen LogP contribution in [0.2, 0.25) is 0 Å². The van der Waals surface area contributed by atoms with Gasteiger partial charge >= 0.3 is 0 Å². The number of benzene rings is 1. The van der Waals surface area contributed by atoms with E-state index in [2.05, 4.69) is 6.92 Å². The maximum Gasteiger partial charge on any atom is 0.248 e. The van der Waals surface area contributed by atoms with Gasteiger partial charge in [0.2, 0.25) is 5.91 Å². The Labute approximate surface area is 133 Å². The van der Waals surface area contributed by atoms with E-state index in [1.54, 1.807) is 4.90 Å². The second-order valence-corrected chi connectivity index (χ2v) is 6.14. The van der Waals surface area contributed by atoms with Crippen LogP contribution < -0.4 is 0 Å². The lowest BCUT2D eigenvalue weighted by molar-refractivity contribution is -0.141. The molecule has 0 saturated heterocycles. The van der Waals surface area contributed by atoms with E-state index in [9.17, 15) is 9.90 Å². The molecule has 2 unspecified atom stereocenters. The van der Waals surface area contributed by atoms with Gasteiger partial charge in [-0.15, -0.1) is 0 Å². The molecule has 122 valence electrons. The molecule has 1 saturated carbocycles. The summed E-state index contributed by atoms with van der Waals surface area (Å²) in [5.41, 5.74) is 1.07. The van der Waals surface area contributed by atoms with E-state index < -0.39 is 0 Å². The monoisotopic (exact) mass is 305 g/mol. The minimum absolute atomic E-state index is 0.0294. The second kappa shape index (κ2) is 8.91. The summed E-state index contributed by atoms with van der Waals surface area (Å²) >= 11 is 0. The predicted octanol–water partition coefficient (Wildman–Crippen LogP) is 2.60. The lowest BCUT2D eigenvalue weighted by atomic mass is 9.88. The average molecular weight is 305 g/mol. The Morgan fingerprint density at radius 3 is 2.68 bits per heavy atom. The Morgan fingerprint density at radius 2 is 2.00 bits per heavy atom. The number of ether oxygens (including phenoxy) is 1. The molecule has 1 aromatic rings. The van der Waals surface area contributed by atoms with E-state index in [0.29, 0.717) is 19.0 Å². The van der Waals surface area contributed by atoms with Gasteiger partial charge in [-0.05, 0) is 24.3 Å². The fourth-order valence-corrected chi connectivity index (χ4v) is 3.02. The molecule has 0 aromatic heterocycles. The number of rotatable bonds is 7. The van der Waals surface area contributed by atoms with Crippen LogP contribution in [-0.4, -0.2) is 41.8 Å². The summed E-state index contributed by atoms with van der Waals surface area (Å²) < 4.78 is 5.85. The number of aliphatic hydroxyl groups is 1. The van der Waals surface area contributed by atoms with Crippen molar-refractivity contribution in [1.82, 2.24) is 4.90 Å². The first-order valence-electron chi connectivity index (χ1n) is 8.25. The highest BCUT2D eigenvalue weighted by atomic mass is 16.5. The SMILES string of the molecule is CC1CCCCC1OCC(=O)N(CCO)Cc1ccccc1. The molecule has 1 aliphatic rings. The number of amides is 1. The van der Waals surface area contributed by atoms with Crippen LogP contribution in [-0.2, 0) is 16.1 Å². The van der Waals surface area contributed by atoms with Crippen molar-refractivity contribution in [3.05, 3.63) is 35.9 Å². The van der Waals surface area contributed by atoms with Gasteiger partial charge in [0.15, 0.2) is 0 Å². The van der Waals surface area contributed by atoms with Crippen LogP contribution in [0.1, 0.15) is 38.2 Å². The van der Waals surface area contributed by atoms with Crippen LogP contribution >= 0.6 is 0 Å². The molecule has 0 radical (unpaired) electrons. The number of nitrogens with zero attached hydrogens (tertiary/aromatic N) is 1. The van der Waals surface area contributed by atoms with Crippen molar-refractivity contribution >= 4 is 5.91 Å². The molecule has 1 amide bonds. The van der Waals surface area contributed by atoms with Gasteiger partial charge in [0.25, 0.3) is 0 Å². The molecule has 2 rings (SSSR count). The number of carbonyl (C=O) groups is 1. The molecule has 0 spiro atoms. The quantitative estimate of drug-likeness (QED) is 0.842. The minimum atomic E-state index is -0.0457. The first-order valence-corrected chi connectivity index (χ1v) is 8.25.